The first-order chi connectivity index (χ1) is 10.2. The molecule has 1 aliphatic heterocycles. The van der Waals surface area contributed by atoms with Gasteiger partial charge in [-0.3, -0.25) is 9.59 Å². The number of rotatable bonds is 3. The number of aliphatic hydroxyl groups is 1. The molecule has 3 rings (SSSR count). The van der Waals surface area contributed by atoms with E-state index < -0.39 is 0 Å². The third-order valence-electron chi connectivity index (χ3n) is 3.64. The molecule has 0 unspecified atom stereocenters. The third kappa shape index (κ3) is 2.45. The van der Waals surface area contributed by atoms with Crippen molar-refractivity contribution in [2.75, 3.05) is 11.5 Å². The number of imide groups is 1. The summed E-state index contributed by atoms with van der Waals surface area (Å²) in [5.41, 5.74) is 2.90. The van der Waals surface area contributed by atoms with Crippen molar-refractivity contribution in [2.24, 2.45) is 0 Å². The van der Waals surface area contributed by atoms with Crippen LogP contribution in [0.15, 0.2) is 48.5 Å². The van der Waals surface area contributed by atoms with Crippen LogP contribution in [0.5, 0.6) is 0 Å². The van der Waals surface area contributed by atoms with Gasteiger partial charge in [-0.15, -0.1) is 0 Å². The van der Waals surface area contributed by atoms with Crippen LogP contribution in [-0.4, -0.2) is 23.5 Å². The molecule has 1 heterocycles. The predicted octanol–water partition coefficient (Wildman–Crippen LogP) is 1.95. The van der Waals surface area contributed by atoms with Gasteiger partial charge in [0, 0.05) is 12.2 Å². The second-order valence-corrected chi connectivity index (χ2v) is 5.01. The fraction of sp³-hybridized carbons (Fsp3) is 0.176. The number of amides is 2. The van der Waals surface area contributed by atoms with Gasteiger partial charge in [0.05, 0.1) is 12.1 Å². The van der Waals surface area contributed by atoms with Crippen LogP contribution < -0.4 is 4.90 Å². The highest BCUT2D eigenvalue weighted by Gasteiger charge is 2.31. The molecule has 21 heavy (non-hydrogen) atoms. The maximum atomic E-state index is 12.5. The van der Waals surface area contributed by atoms with E-state index in [4.69, 9.17) is 5.11 Å². The topological polar surface area (TPSA) is 57.6 Å². The summed E-state index contributed by atoms with van der Waals surface area (Å²) >= 11 is 0. The Morgan fingerprint density at radius 2 is 1.71 bits per heavy atom. The molecule has 0 aromatic heterocycles. The second-order valence-electron chi connectivity index (χ2n) is 5.01. The van der Waals surface area contributed by atoms with E-state index in [1.54, 1.807) is 24.3 Å². The summed E-state index contributed by atoms with van der Waals surface area (Å²) in [6, 6.07) is 14.3. The van der Waals surface area contributed by atoms with Crippen LogP contribution in [0.2, 0.25) is 0 Å². The molecule has 0 aliphatic carbocycles. The minimum absolute atomic E-state index is 0.0777. The fourth-order valence-corrected chi connectivity index (χ4v) is 2.56. The smallest absolute Gasteiger partial charge is 0.265 e. The lowest BCUT2D eigenvalue weighted by molar-refractivity contribution is -0.117. The highest BCUT2D eigenvalue weighted by atomic mass is 16.3. The number of carbonyl (C=O) groups is 2. The molecule has 0 radical (unpaired) electrons. The molecule has 0 bridgehead atoms. The summed E-state index contributed by atoms with van der Waals surface area (Å²) in [6.45, 7) is 0.0777. The Bertz CT molecular complexity index is 691. The van der Waals surface area contributed by atoms with E-state index in [1.807, 2.05) is 24.3 Å². The molecule has 0 saturated carbocycles. The Morgan fingerprint density at radius 1 is 1.00 bits per heavy atom. The Labute approximate surface area is 122 Å². The first-order valence-electron chi connectivity index (χ1n) is 6.85. The van der Waals surface area contributed by atoms with E-state index in [2.05, 4.69) is 0 Å². The molecule has 2 amide bonds. The molecule has 2 aromatic carbocycles. The molecule has 106 valence electrons. The average molecular weight is 281 g/mol. The predicted molar refractivity (Wildman–Crippen MR) is 79.2 cm³/mol. The van der Waals surface area contributed by atoms with Gasteiger partial charge in [-0.1, -0.05) is 30.3 Å². The van der Waals surface area contributed by atoms with E-state index >= 15 is 0 Å². The van der Waals surface area contributed by atoms with Crippen molar-refractivity contribution in [3.05, 3.63) is 65.2 Å². The summed E-state index contributed by atoms with van der Waals surface area (Å²) in [4.78, 5) is 26.0. The molecule has 1 N–H and O–H groups in total. The van der Waals surface area contributed by atoms with Crippen LogP contribution in [0.4, 0.5) is 5.69 Å². The number of aliphatic hydroxyl groups excluding tert-OH is 1. The van der Waals surface area contributed by atoms with E-state index in [0.29, 0.717) is 17.7 Å². The summed E-state index contributed by atoms with van der Waals surface area (Å²) < 4.78 is 0. The summed E-state index contributed by atoms with van der Waals surface area (Å²) in [7, 11) is 0. The Kier molecular flexibility index (Phi) is 3.54. The quantitative estimate of drug-likeness (QED) is 0.875. The van der Waals surface area contributed by atoms with Crippen LogP contribution in [0.25, 0.3) is 0 Å². The largest absolute Gasteiger partial charge is 0.396 e. The van der Waals surface area contributed by atoms with E-state index in [1.165, 1.54) is 4.90 Å². The maximum absolute atomic E-state index is 12.5. The number of carbonyl (C=O) groups excluding carboxylic acids is 2. The minimum atomic E-state index is -0.281. The van der Waals surface area contributed by atoms with E-state index in [9.17, 15) is 9.59 Å². The van der Waals surface area contributed by atoms with Crippen molar-refractivity contribution >= 4 is 17.5 Å². The van der Waals surface area contributed by atoms with Crippen molar-refractivity contribution in [2.45, 2.75) is 12.8 Å². The van der Waals surface area contributed by atoms with Crippen LogP contribution in [0.3, 0.4) is 0 Å². The molecule has 0 saturated heterocycles. The highest BCUT2D eigenvalue weighted by molar-refractivity contribution is 6.24. The molecule has 0 fully saturated rings. The standard InChI is InChI=1S/C17H15NO3/c19-10-9-12-5-7-14(8-6-12)18-16(20)11-13-3-1-2-4-15(13)17(18)21/h1-8,19H,9-11H2. The van der Waals surface area contributed by atoms with Crippen molar-refractivity contribution in [3.8, 4) is 0 Å². The molecule has 0 spiro atoms. The molecule has 0 atom stereocenters. The normalized spacial score (nSPS) is 14.2. The summed E-state index contributed by atoms with van der Waals surface area (Å²) in [5.74, 6) is -0.495. The van der Waals surface area contributed by atoms with Crippen LogP contribution >= 0.6 is 0 Å². The monoisotopic (exact) mass is 281 g/mol. The lowest BCUT2D eigenvalue weighted by Crippen LogP contribution is -2.42. The van der Waals surface area contributed by atoms with Crippen molar-refractivity contribution in [1.29, 1.82) is 0 Å². The van der Waals surface area contributed by atoms with Crippen molar-refractivity contribution in [1.82, 2.24) is 0 Å². The van der Waals surface area contributed by atoms with Gasteiger partial charge in [-0.05, 0) is 35.7 Å². The molecule has 1 aliphatic rings. The summed E-state index contributed by atoms with van der Waals surface area (Å²) in [6.07, 6.45) is 0.797. The van der Waals surface area contributed by atoms with Gasteiger partial charge in [0.15, 0.2) is 0 Å². The Balaban J connectivity index is 1.95. The van der Waals surface area contributed by atoms with Crippen molar-refractivity contribution < 1.29 is 14.7 Å². The van der Waals surface area contributed by atoms with Crippen molar-refractivity contribution in [3.63, 3.8) is 0 Å². The number of hydrogen-bond acceptors (Lipinski definition) is 3. The van der Waals surface area contributed by atoms with Crippen LogP contribution in [-0.2, 0) is 17.6 Å². The molecular formula is C17H15NO3. The fourth-order valence-electron chi connectivity index (χ4n) is 2.56. The maximum Gasteiger partial charge on any atom is 0.265 e. The number of fused-ring (bicyclic) bond motifs is 1. The average Bonchev–Trinajstić information content (AvgIpc) is 2.49. The second kappa shape index (κ2) is 5.50. The van der Waals surface area contributed by atoms with E-state index in [0.717, 1.165) is 11.1 Å². The first-order valence-corrected chi connectivity index (χ1v) is 6.85. The highest BCUT2D eigenvalue weighted by Crippen LogP contribution is 2.25. The number of hydrogen-bond donors (Lipinski definition) is 1. The molecule has 4 nitrogen and oxygen atoms in total. The van der Waals surface area contributed by atoms with Crippen LogP contribution in [0, 0.1) is 0 Å². The lowest BCUT2D eigenvalue weighted by atomic mass is 9.98. The van der Waals surface area contributed by atoms with Gasteiger partial charge < -0.3 is 5.11 Å². The zero-order chi connectivity index (χ0) is 14.8. The van der Waals surface area contributed by atoms with Gasteiger partial charge >= 0.3 is 0 Å². The minimum Gasteiger partial charge on any atom is -0.396 e. The van der Waals surface area contributed by atoms with Gasteiger partial charge in [0.2, 0.25) is 5.91 Å². The lowest BCUT2D eigenvalue weighted by Gasteiger charge is -2.26. The zero-order valence-corrected chi connectivity index (χ0v) is 11.5. The first kappa shape index (κ1) is 13.5. The third-order valence-corrected chi connectivity index (χ3v) is 3.64. The number of benzene rings is 2. The van der Waals surface area contributed by atoms with Gasteiger partial charge in [0.1, 0.15) is 0 Å². The van der Waals surface area contributed by atoms with Crippen LogP contribution in [0.1, 0.15) is 21.5 Å². The van der Waals surface area contributed by atoms with E-state index in [-0.39, 0.29) is 24.8 Å². The SMILES string of the molecule is O=C1Cc2ccccc2C(=O)N1c1ccc(CCO)cc1. The Hall–Kier alpha value is -2.46. The summed E-state index contributed by atoms with van der Waals surface area (Å²) in [5, 5.41) is 8.91. The molecule has 2 aromatic rings. The number of anilines is 1. The Morgan fingerprint density at radius 3 is 2.43 bits per heavy atom. The van der Waals surface area contributed by atoms with Gasteiger partial charge in [0.25, 0.3) is 5.91 Å². The molecule has 4 heteroatoms. The van der Waals surface area contributed by atoms with Gasteiger partial charge in [-0.2, -0.15) is 0 Å². The van der Waals surface area contributed by atoms with Gasteiger partial charge in [-0.25, -0.2) is 4.90 Å². The number of nitrogens with zero attached hydrogens (tertiary/aromatic N) is 1. The zero-order valence-electron chi connectivity index (χ0n) is 11.5. The molecular weight excluding hydrogens is 266 g/mol.